The molecule has 3 rings (SSSR count). The largest absolute Gasteiger partial charge is 0.361 e. The Morgan fingerprint density at radius 3 is 2.72 bits per heavy atom. The van der Waals surface area contributed by atoms with Crippen LogP contribution in [0.4, 0.5) is 0 Å². The molecule has 7 heteroatoms. The summed E-state index contributed by atoms with van der Waals surface area (Å²) >= 11 is 0. The van der Waals surface area contributed by atoms with E-state index in [0.717, 1.165) is 37.1 Å². The molecule has 1 aromatic heterocycles. The van der Waals surface area contributed by atoms with Crippen LogP contribution in [0.25, 0.3) is 0 Å². The quantitative estimate of drug-likeness (QED) is 0.829. The van der Waals surface area contributed by atoms with E-state index in [-0.39, 0.29) is 24.3 Å². The molecule has 2 heterocycles. The second-order valence-corrected chi connectivity index (χ2v) is 7.52. The predicted octanol–water partition coefficient (Wildman–Crippen LogP) is 2.38. The van der Waals surface area contributed by atoms with E-state index in [4.69, 9.17) is 4.52 Å². The molecule has 0 aliphatic carbocycles. The summed E-state index contributed by atoms with van der Waals surface area (Å²) in [7, 11) is 0. The Hall–Kier alpha value is -2.67. The predicted molar refractivity (Wildman–Crippen MR) is 110 cm³/mol. The zero-order valence-electron chi connectivity index (χ0n) is 17.0. The van der Waals surface area contributed by atoms with Gasteiger partial charge in [0.25, 0.3) is 0 Å². The first-order valence-corrected chi connectivity index (χ1v) is 10.4. The van der Waals surface area contributed by atoms with Gasteiger partial charge in [-0.2, -0.15) is 0 Å². The van der Waals surface area contributed by atoms with Crippen LogP contribution in [0.5, 0.6) is 0 Å². The number of hydrogen-bond donors (Lipinski definition) is 2. The van der Waals surface area contributed by atoms with Crippen molar-refractivity contribution in [3.63, 3.8) is 0 Å². The molecular formula is C22H30N4O3. The van der Waals surface area contributed by atoms with Gasteiger partial charge in [0.1, 0.15) is 5.76 Å². The third-order valence-corrected chi connectivity index (χ3v) is 5.12. The molecule has 2 aromatic rings. The lowest BCUT2D eigenvalue weighted by atomic mass is 10.0. The van der Waals surface area contributed by atoms with Gasteiger partial charge in [-0.1, -0.05) is 35.5 Å². The molecule has 156 valence electrons. The maximum atomic E-state index is 12.7. The Balaban J connectivity index is 1.61. The number of aryl methyl sites for hydroxylation is 1. The van der Waals surface area contributed by atoms with Crippen molar-refractivity contribution in [1.82, 2.24) is 20.7 Å². The SMILES string of the molecule is Cc1cc(CC(=O)N2CCCCNC(=O)CC(c3ccccc3)NCCC2)on1. The van der Waals surface area contributed by atoms with Crippen molar-refractivity contribution in [3.05, 3.63) is 53.4 Å². The van der Waals surface area contributed by atoms with Gasteiger partial charge in [0.15, 0.2) is 0 Å². The van der Waals surface area contributed by atoms with E-state index in [9.17, 15) is 9.59 Å². The van der Waals surface area contributed by atoms with Crippen LogP contribution in [-0.2, 0) is 16.0 Å². The van der Waals surface area contributed by atoms with Gasteiger partial charge < -0.3 is 20.1 Å². The van der Waals surface area contributed by atoms with Crippen molar-refractivity contribution >= 4 is 11.8 Å². The molecule has 1 unspecified atom stereocenters. The van der Waals surface area contributed by atoms with Crippen LogP contribution in [0.2, 0.25) is 0 Å². The highest BCUT2D eigenvalue weighted by Crippen LogP contribution is 2.17. The summed E-state index contributed by atoms with van der Waals surface area (Å²) in [6, 6.07) is 11.8. The average molecular weight is 399 g/mol. The Labute approximate surface area is 171 Å². The maximum Gasteiger partial charge on any atom is 0.230 e. The normalized spacial score (nSPS) is 19.6. The van der Waals surface area contributed by atoms with E-state index in [1.54, 1.807) is 6.07 Å². The van der Waals surface area contributed by atoms with E-state index < -0.39 is 0 Å². The third-order valence-electron chi connectivity index (χ3n) is 5.12. The number of aromatic nitrogens is 1. The van der Waals surface area contributed by atoms with Crippen LogP contribution < -0.4 is 10.6 Å². The number of amides is 2. The standard InChI is InChI=1S/C22H30N4O3/c1-17-14-19(29-25-17)15-22(28)26-12-6-5-10-24-21(27)16-20(23-11-7-13-26)18-8-3-2-4-9-18/h2-4,8-9,14,20,23H,5-7,10-13,15-16H2,1H3,(H,24,27). The van der Waals surface area contributed by atoms with E-state index in [0.29, 0.717) is 31.8 Å². The first-order valence-electron chi connectivity index (χ1n) is 10.4. The van der Waals surface area contributed by atoms with Gasteiger partial charge in [0.05, 0.1) is 12.1 Å². The van der Waals surface area contributed by atoms with Crippen molar-refractivity contribution in [2.45, 2.75) is 45.1 Å². The van der Waals surface area contributed by atoms with Gasteiger partial charge in [-0.3, -0.25) is 9.59 Å². The number of carbonyl (C=O) groups is 2. The zero-order valence-corrected chi connectivity index (χ0v) is 17.0. The molecule has 2 N–H and O–H groups in total. The summed E-state index contributed by atoms with van der Waals surface area (Å²) in [6.07, 6.45) is 3.18. The van der Waals surface area contributed by atoms with E-state index >= 15 is 0 Å². The van der Waals surface area contributed by atoms with E-state index in [1.165, 1.54) is 0 Å². The van der Waals surface area contributed by atoms with Crippen LogP contribution >= 0.6 is 0 Å². The summed E-state index contributed by atoms with van der Waals surface area (Å²) in [5, 5.41) is 10.3. The molecule has 1 aliphatic heterocycles. The molecule has 1 fully saturated rings. The summed E-state index contributed by atoms with van der Waals surface area (Å²) in [5.41, 5.74) is 1.88. The van der Waals surface area contributed by atoms with Gasteiger partial charge >= 0.3 is 0 Å². The lowest BCUT2D eigenvalue weighted by Crippen LogP contribution is -2.35. The van der Waals surface area contributed by atoms with Gasteiger partial charge in [-0.05, 0) is 38.3 Å². The van der Waals surface area contributed by atoms with Crippen molar-refractivity contribution < 1.29 is 14.1 Å². The summed E-state index contributed by atoms with van der Waals surface area (Å²) in [4.78, 5) is 27.0. The van der Waals surface area contributed by atoms with Gasteiger partial charge in [0, 0.05) is 38.2 Å². The second kappa shape index (κ2) is 10.8. The van der Waals surface area contributed by atoms with Gasteiger partial charge in [0.2, 0.25) is 11.8 Å². The highest BCUT2D eigenvalue weighted by atomic mass is 16.5. The second-order valence-electron chi connectivity index (χ2n) is 7.52. The van der Waals surface area contributed by atoms with Gasteiger partial charge in [-0.15, -0.1) is 0 Å². The summed E-state index contributed by atoms with van der Waals surface area (Å²) < 4.78 is 5.20. The van der Waals surface area contributed by atoms with Crippen LogP contribution in [0, 0.1) is 6.92 Å². The fraction of sp³-hybridized carbons (Fsp3) is 0.500. The molecule has 0 radical (unpaired) electrons. The highest BCUT2D eigenvalue weighted by molar-refractivity contribution is 5.78. The minimum atomic E-state index is -0.0294. The number of rotatable bonds is 3. The number of nitrogens with one attached hydrogen (secondary N) is 2. The van der Waals surface area contributed by atoms with Crippen molar-refractivity contribution in [1.29, 1.82) is 0 Å². The summed E-state index contributed by atoms with van der Waals surface area (Å²) in [6.45, 7) is 4.58. The Morgan fingerprint density at radius 1 is 1.17 bits per heavy atom. The first kappa shape index (κ1) is 21.0. The minimum Gasteiger partial charge on any atom is -0.361 e. The molecule has 2 amide bonds. The number of hydrogen-bond acceptors (Lipinski definition) is 5. The Morgan fingerprint density at radius 2 is 1.97 bits per heavy atom. The molecule has 1 aliphatic rings. The molecule has 0 bridgehead atoms. The maximum absolute atomic E-state index is 12.7. The van der Waals surface area contributed by atoms with Crippen molar-refractivity contribution in [2.75, 3.05) is 26.2 Å². The first-order chi connectivity index (χ1) is 14.1. The molecule has 1 atom stereocenters. The molecule has 0 saturated carbocycles. The Kier molecular flexibility index (Phi) is 7.81. The van der Waals surface area contributed by atoms with Crippen LogP contribution in [-0.4, -0.2) is 48.0 Å². The van der Waals surface area contributed by atoms with E-state index in [2.05, 4.69) is 15.8 Å². The minimum absolute atomic E-state index is 0.0294. The summed E-state index contributed by atoms with van der Waals surface area (Å²) in [5.74, 6) is 0.712. The molecule has 7 nitrogen and oxygen atoms in total. The van der Waals surface area contributed by atoms with Gasteiger partial charge in [-0.25, -0.2) is 0 Å². The Bertz CT molecular complexity index is 790. The lowest BCUT2D eigenvalue weighted by Gasteiger charge is -2.23. The average Bonchev–Trinajstić information content (AvgIpc) is 3.13. The van der Waals surface area contributed by atoms with Crippen LogP contribution in [0.15, 0.2) is 40.9 Å². The van der Waals surface area contributed by atoms with Crippen molar-refractivity contribution in [2.24, 2.45) is 0 Å². The fourth-order valence-corrected chi connectivity index (χ4v) is 3.57. The number of carbonyl (C=O) groups excluding carboxylic acids is 2. The smallest absolute Gasteiger partial charge is 0.230 e. The molecular weight excluding hydrogens is 368 g/mol. The number of nitrogens with zero attached hydrogens (tertiary/aromatic N) is 2. The molecule has 29 heavy (non-hydrogen) atoms. The van der Waals surface area contributed by atoms with Crippen LogP contribution in [0.1, 0.15) is 48.7 Å². The number of benzene rings is 1. The third kappa shape index (κ3) is 6.71. The van der Waals surface area contributed by atoms with E-state index in [1.807, 2.05) is 42.2 Å². The highest BCUT2D eigenvalue weighted by Gasteiger charge is 2.19. The lowest BCUT2D eigenvalue weighted by molar-refractivity contribution is -0.131. The molecule has 1 aromatic carbocycles. The topological polar surface area (TPSA) is 87.5 Å². The monoisotopic (exact) mass is 398 g/mol. The van der Waals surface area contributed by atoms with Crippen molar-refractivity contribution in [3.8, 4) is 0 Å². The molecule has 0 spiro atoms. The van der Waals surface area contributed by atoms with Crippen LogP contribution in [0.3, 0.4) is 0 Å². The molecule has 1 saturated heterocycles. The zero-order chi connectivity index (χ0) is 20.5. The fourth-order valence-electron chi connectivity index (χ4n) is 3.57.